The van der Waals surface area contributed by atoms with Crippen LogP contribution in [0.5, 0.6) is 5.75 Å². The molecule has 2 atom stereocenters. The molecule has 2 aromatic rings. The van der Waals surface area contributed by atoms with Crippen molar-refractivity contribution in [3.8, 4) is 28.7 Å². The first-order chi connectivity index (χ1) is 13.8. The minimum atomic E-state index is -0.280. The van der Waals surface area contributed by atoms with Crippen molar-refractivity contribution in [2.24, 2.45) is 11.3 Å². The molecule has 1 aromatic heterocycles. The summed E-state index contributed by atoms with van der Waals surface area (Å²) in [5.41, 5.74) is 2.45. The van der Waals surface area contributed by atoms with E-state index in [0.29, 0.717) is 6.61 Å². The Balaban J connectivity index is 1.64. The van der Waals surface area contributed by atoms with Crippen LogP contribution in [0.25, 0.3) is 11.1 Å². The van der Waals surface area contributed by atoms with Crippen molar-refractivity contribution >= 4 is 11.3 Å². The van der Waals surface area contributed by atoms with E-state index in [9.17, 15) is 5.11 Å². The molecule has 0 aliphatic heterocycles. The molecule has 156 valence electrons. The lowest BCUT2D eigenvalue weighted by Crippen LogP contribution is -2.17. The molecule has 1 aromatic carbocycles. The monoisotopic (exact) mass is 410 g/mol. The third kappa shape index (κ3) is 9.35. The Labute approximate surface area is 180 Å². The van der Waals surface area contributed by atoms with Crippen LogP contribution < -0.4 is 4.74 Å². The van der Waals surface area contributed by atoms with Crippen LogP contribution in [-0.2, 0) is 0 Å². The first kappa shape index (κ1) is 23.3. The predicted molar refractivity (Wildman–Crippen MR) is 125 cm³/mol. The SMILES string of the molecule is CC(C/C=C/C#CC(C)(C)C)C(O)CCCCOc1cccc(-c2ccsc2)c1. The maximum Gasteiger partial charge on any atom is 0.119 e. The second-order valence-corrected chi connectivity index (χ2v) is 9.37. The maximum absolute atomic E-state index is 10.4. The molecule has 1 N–H and O–H groups in total. The fourth-order valence-corrected chi connectivity index (χ4v) is 3.55. The summed E-state index contributed by atoms with van der Waals surface area (Å²) >= 11 is 1.70. The zero-order chi connectivity index (χ0) is 21.1. The molecule has 0 amide bonds. The van der Waals surface area contributed by atoms with Gasteiger partial charge in [0, 0.05) is 5.41 Å². The Hall–Kier alpha value is -2.02. The summed E-state index contributed by atoms with van der Waals surface area (Å²) < 4.78 is 5.90. The van der Waals surface area contributed by atoms with E-state index in [1.54, 1.807) is 11.3 Å². The van der Waals surface area contributed by atoms with Crippen molar-refractivity contribution in [1.82, 2.24) is 0 Å². The Morgan fingerprint density at radius 2 is 2.00 bits per heavy atom. The number of thiophene rings is 1. The number of benzene rings is 1. The first-order valence-corrected chi connectivity index (χ1v) is 11.4. The second-order valence-electron chi connectivity index (χ2n) is 8.59. The van der Waals surface area contributed by atoms with E-state index < -0.39 is 0 Å². The number of unbranched alkanes of at least 4 members (excludes halogenated alkanes) is 1. The Bertz CT molecular complexity index is 803. The Kier molecular flexibility index (Phi) is 9.51. The maximum atomic E-state index is 10.4. The van der Waals surface area contributed by atoms with Crippen LogP contribution in [0.1, 0.15) is 53.4 Å². The lowest BCUT2D eigenvalue weighted by atomic mass is 9.96. The summed E-state index contributed by atoms with van der Waals surface area (Å²) in [7, 11) is 0. The van der Waals surface area contributed by atoms with E-state index in [2.05, 4.69) is 74.6 Å². The molecular formula is C26H34O2S. The Morgan fingerprint density at radius 1 is 1.17 bits per heavy atom. The van der Waals surface area contributed by atoms with Gasteiger partial charge in [-0.3, -0.25) is 0 Å². The molecule has 0 saturated heterocycles. The van der Waals surface area contributed by atoms with Gasteiger partial charge in [0.05, 0.1) is 12.7 Å². The minimum absolute atomic E-state index is 0.0305. The van der Waals surface area contributed by atoms with Crippen molar-refractivity contribution in [2.45, 2.75) is 59.5 Å². The van der Waals surface area contributed by atoms with Gasteiger partial charge in [0.1, 0.15) is 5.75 Å². The topological polar surface area (TPSA) is 29.5 Å². The van der Waals surface area contributed by atoms with E-state index in [0.717, 1.165) is 31.4 Å². The molecule has 0 bridgehead atoms. The van der Waals surface area contributed by atoms with Gasteiger partial charge in [-0.15, -0.1) is 0 Å². The van der Waals surface area contributed by atoms with E-state index in [1.807, 2.05) is 18.2 Å². The Morgan fingerprint density at radius 3 is 2.72 bits per heavy atom. The number of hydrogen-bond acceptors (Lipinski definition) is 3. The fraction of sp³-hybridized carbons (Fsp3) is 0.462. The van der Waals surface area contributed by atoms with E-state index in [4.69, 9.17) is 4.74 Å². The van der Waals surface area contributed by atoms with Gasteiger partial charge in [-0.1, -0.05) is 37.0 Å². The molecule has 0 fully saturated rings. The largest absolute Gasteiger partial charge is 0.494 e. The van der Waals surface area contributed by atoms with Crippen molar-refractivity contribution in [1.29, 1.82) is 0 Å². The molecule has 0 spiro atoms. The zero-order valence-electron chi connectivity index (χ0n) is 18.2. The van der Waals surface area contributed by atoms with Crippen molar-refractivity contribution in [2.75, 3.05) is 6.61 Å². The lowest BCUT2D eigenvalue weighted by Gasteiger charge is -2.17. The molecule has 1 heterocycles. The van der Waals surface area contributed by atoms with Crippen molar-refractivity contribution in [3.63, 3.8) is 0 Å². The minimum Gasteiger partial charge on any atom is -0.494 e. The van der Waals surface area contributed by atoms with Crippen LogP contribution in [0.3, 0.4) is 0 Å². The van der Waals surface area contributed by atoms with Gasteiger partial charge in [-0.05, 0) is 98.5 Å². The van der Waals surface area contributed by atoms with Gasteiger partial charge in [0.25, 0.3) is 0 Å². The number of ether oxygens (including phenoxy) is 1. The highest BCUT2D eigenvalue weighted by Gasteiger charge is 2.12. The van der Waals surface area contributed by atoms with Crippen molar-refractivity contribution < 1.29 is 9.84 Å². The van der Waals surface area contributed by atoms with Crippen LogP contribution in [-0.4, -0.2) is 17.8 Å². The number of rotatable bonds is 10. The number of hydrogen-bond donors (Lipinski definition) is 1. The van der Waals surface area contributed by atoms with Gasteiger partial charge < -0.3 is 9.84 Å². The van der Waals surface area contributed by atoms with Crippen LogP contribution in [0.2, 0.25) is 0 Å². The van der Waals surface area contributed by atoms with Crippen LogP contribution >= 0.6 is 11.3 Å². The van der Waals surface area contributed by atoms with Gasteiger partial charge in [0.2, 0.25) is 0 Å². The zero-order valence-corrected chi connectivity index (χ0v) is 19.0. The average Bonchev–Trinajstić information content (AvgIpc) is 3.21. The standard InChI is InChI=1S/C26H34O2S/c1-21(11-6-5-8-16-26(2,3)4)25(27)14-7-9-17-28-24-13-10-12-22(19-24)23-15-18-29-20-23/h5-6,10,12-13,15,18-21,25,27H,7,9,11,14,17H2,1-4H3/b6-5+. The molecule has 0 aliphatic rings. The molecule has 3 heteroatoms. The second kappa shape index (κ2) is 11.9. The van der Waals surface area contributed by atoms with E-state index in [-0.39, 0.29) is 17.4 Å². The third-order valence-electron chi connectivity index (χ3n) is 4.66. The summed E-state index contributed by atoms with van der Waals surface area (Å²) in [6.45, 7) is 9.08. The van der Waals surface area contributed by atoms with Gasteiger partial charge in [-0.2, -0.15) is 11.3 Å². The highest BCUT2D eigenvalue weighted by atomic mass is 32.1. The van der Waals surface area contributed by atoms with Gasteiger partial charge in [0.15, 0.2) is 0 Å². The molecule has 0 saturated carbocycles. The highest BCUT2D eigenvalue weighted by Crippen LogP contribution is 2.26. The lowest BCUT2D eigenvalue weighted by molar-refractivity contribution is 0.104. The summed E-state index contributed by atoms with van der Waals surface area (Å²) in [4.78, 5) is 0. The molecule has 2 unspecified atom stereocenters. The van der Waals surface area contributed by atoms with E-state index in [1.165, 1.54) is 11.1 Å². The predicted octanol–water partition coefficient (Wildman–Crippen LogP) is 6.96. The first-order valence-electron chi connectivity index (χ1n) is 10.5. The summed E-state index contributed by atoms with van der Waals surface area (Å²) in [6.07, 6.45) is 7.26. The van der Waals surface area contributed by atoms with Crippen LogP contribution in [0.15, 0.2) is 53.2 Å². The molecule has 0 aliphatic carbocycles. The quantitative estimate of drug-likeness (QED) is 0.339. The fourth-order valence-electron chi connectivity index (χ4n) is 2.88. The normalized spacial score (nSPS) is 13.7. The van der Waals surface area contributed by atoms with Gasteiger partial charge >= 0.3 is 0 Å². The molecule has 2 nitrogen and oxygen atoms in total. The molecule has 2 rings (SSSR count). The summed E-state index contributed by atoms with van der Waals surface area (Å²) in [5.74, 6) is 7.41. The number of aliphatic hydroxyl groups excluding tert-OH is 1. The molecular weight excluding hydrogens is 376 g/mol. The highest BCUT2D eigenvalue weighted by molar-refractivity contribution is 7.08. The number of aliphatic hydroxyl groups is 1. The summed E-state index contributed by atoms with van der Waals surface area (Å²) in [5, 5.41) is 14.6. The van der Waals surface area contributed by atoms with Crippen LogP contribution in [0.4, 0.5) is 0 Å². The molecule has 29 heavy (non-hydrogen) atoms. The van der Waals surface area contributed by atoms with Crippen molar-refractivity contribution in [3.05, 3.63) is 53.2 Å². The molecule has 0 radical (unpaired) electrons. The number of allylic oxidation sites excluding steroid dienone is 2. The van der Waals surface area contributed by atoms with Crippen LogP contribution in [0, 0.1) is 23.2 Å². The average molecular weight is 411 g/mol. The van der Waals surface area contributed by atoms with Gasteiger partial charge in [-0.25, -0.2) is 0 Å². The van der Waals surface area contributed by atoms with E-state index >= 15 is 0 Å². The summed E-state index contributed by atoms with van der Waals surface area (Å²) in [6, 6.07) is 10.4. The third-order valence-corrected chi connectivity index (χ3v) is 5.35. The smallest absolute Gasteiger partial charge is 0.119 e.